The van der Waals surface area contributed by atoms with Gasteiger partial charge in [-0.3, -0.25) is 14.4 Å². The molecule has 1 unspecified atom stereocenters. The van der Waals surface area contributed by atoms with Crippen LogP contribution in [0.1, 0.15) is 125 Å². The van der Waals surface area contributed by atoms with Gasteiger partial charge in [-0.2, -0.15) is 0 Å². The number of ether oxygens (including phenoxy) is 3. The number of amides is 2. The first-order valence-electron chi connectivity index (χ1n) is 15.9. The number of hydrogen-bond donors (Lipinski definition) is 2. The number of nitrogens with one attached hydrogen (secondary N) is 2. The van der Waals surface area contributed by atoms with Crippen LogP contribution in [0.15, 0.2) is 24.3 Å². The molecule has 2 N–H and O–H groups in total. The molecule has 1 aliphatic rings. The van der Waals surface area contributed by atoms with Crippen LogP contribution in [0, 0.1) is 5.41 Å². The van der Waals surface area contributed by atoms with Crippen molar-refractivity contribution in [1.82, 2.24) is 10.6 Å². The first-order valence-corrected chi connectivity index (χ1v) is 15.9. The van der Waals surface area contributed by atoms with Crippen molar-refractivity contribution in [2.75, 3.05) is 26.3 Å². The predicted octanol–water partition coefficient (Wildman–Crippen LogP) is 6.53. The van der Waals surface area contributed by atoms with Gasteiger partial charge in [0.15, 0.2) is 5.79 Å². The number of esters is 1. The van der Waals surface area contributed by atoms with Crippen LogP contribution in [0.3, 0.4) is 0 Å². The van der Waals surface area contributed by atoms with E-state index < -0.39 is 17.3 Å². The van der Waals surface area contributed by atoms with E-state index in [0.717, 1.165) is 32.1 Å². The average Bonchev–Trinajstić information content (AvgIpc) is 2.92. The molecule has 0 saturated carbocycles. The molecule has 0 bridgehead atoms. The second-order valence-corrected chi connectivity index (χ2v) is 12.1. The standard InChI is InChI=1S/C33H58N2O6/c1-6-7-8-9-10-11-12-13-14-15-16-17-18-19-20-22-28(36)34-24-21-26-39-29(37)23-25-35-31(38)30-32(2,3)27-40-33(4,5)41-30/h10-11,13-14,30H,6-9,12,15-27H2,1-5H3,(H,34,36)(H,35,38). The number of carbonyl (C=O) groups excluding carboxylic acids is 3. The average molecular weight is 579 g/mol. The smallest absolute Gasteiger partial charge is 0.307 e. The summed E-state index contributed by atoms with van der Waals surface area (Å²) in [6.45, 7) is 10.9. The van der Waals surface area contributed by atoms with Crippen molar-refractivity contribution in [2.24, 2.45) is 5.41 Å². The van der Waals surface area contributed by atoms with Gasteiger partial charge in [0.1, 0.15) is 6.10 Å². The van der Waals surface area contributed by atoms with Gasteiger partial charge in [0.2, 0.25) is 11.8 Å². The molecule has 1 rings (SSSR count). The second-order valence-electron chi connectivity index (χ2n) is 12.1. The van der Waals surface area contributed by atoms with E-state index >= 15 is 0 Å². The zero-order valence-electron chi connectivity index (χ0n) is 26.6. The third-order valence-electron chi connectivity index (χ3n) is 7.03. The molecule has 8 heteroatoms. The van der Waals surface area contributed by atoms with Crippen LogP contribution in [0.25, 0.3) is 0 Å². The third kappa shape index (κ3) is 18.8. The van der Waals surface area contributed by atoms with Crippen molar-refractivity contribution >= 4 is 17.8 Å². The van der Waals surface area contributed by atoms with Gasteiger partial charge in [-0.05, 0) is 58.8 Å². The van der Waals surface area contributed by atoms with Crippen LogP contribution in [0.5, 0.6) is 0 Å². The zero-order chi connectivity index (χ0) is 30.4. The molecule has 2 amide bonds. The van der Waals surface area contributed by atoms with Crippen LogP contribution < -0.4 is 10.6 Å². The van der Waals surface area contributed by atoms with E-state index in [1.165, 1.54) is 38.5 Å². The van der Waals surface area contributed by atoms with Gasteiger partial charge in [-0.1, -0.05) is 77.2 Å². The lowest BCUT2D eigenvalue weighted by Gasteiger charge is -2.44. The molecule has 0 radical (unpaired) electrons. The van der Waals surface area contributed by atoms with Crippen molar-refractivity contribution in [3.63, 3.8) is 0 Å². The Morgan fingerprint density at radius 2 is 1.46 bits per heavy atom. The van der Waals surface area contributed by atoms with Crippen molar-refractivity contribution in [2.45, 2.75) is 136 Å². The maximum atomic E-state index is 12.6. The fraction of sp³-hybridized carbons (Fsp3) is 0.788. The normalized spacial score (nSPS) is 18.0. The number of carbonyl (C=O) groups is 3. The van der Waals surface area contributed by atoms with E-state index in [1.54, 1.807) is 13.8 Å². The highest BCUT2D eigenvalue weighted by molar-refractivity contribution is 5.82. The predicted molar refractivity (Wildman–Crippen MR) is 164 cm³/mol. The van der Waals surface area contributed by atoms with Gasteiger partial charge in [-0.25, -0.2) is 0 Å². The fourth-order valence-electron chi connectivity index (χ4n) is 4.45. The summed E-state index contributed by atoms with van der Waals surface area (Å²) in [7, 11) is 0. The molecule has 1 aliphatic heterocycles. The lowest BCUT2D eigenvalue weighted by atomic mass is 9.85. The minimum atomic E-state index is -0.825. The van der Waals surface area contributed by atoms with Crippen LogP contribution in [-0.2, 0) is 28.6 Å². The minimum Gasteiger partial charge on any atom is -0.466 e. The van der Waals surface area contributed by atoms with Gasteiger partial charge in [0.25, 0.3) is 0 Å². The van der Waals surface area contributed by atoms with E-state index in [1.807, 2.05) is 13.8 Å². The molecule has 1 fully saturated rings. The molecule has 0 aliphatic carbocycles. The van der Waals surface area contributed by atoms with E-state index in [-0.39, 0.29) is 37.4 Å². The molecule has 0 aromatic rings. The van der Waals surface area contributed by atoms with Crippen LogP contribution in [-0.4, -0.2) is 56.0 Å². The van der Waals surface area contributed by atoms with Crippen LogP contribution in [0.4, 0.5) is 0 Å². The largest absolute Gasteiger partial charge is 0.466 e. The van der Waals surface area contributed by atoms with E-state index in [0.29, 0.717) is 26.0 Å². The van der Waals surface area contributed by atoms with Crippen LogP contribution >= 0.6 is 0 Å². The summed E-state index contributed by atoms with van der Waals surface area (Å²) in [5.41, 5.74) is -0.465. The van der Waals surface area contributed by atoms with Gasteiger partial charge < -0.3 is 24.8 Å². The third-order valence-corrected chi connectivity index (χ3v) is 7.03. The molecule has 1 atom stereocenters. The first-order chi connectivity index (χ1) is 19.6. The lowest BCUT2D eigenvalue weighted by Crippen LogP contribution is -2.56. The Morgan fingerprint density at radius 3 is 2.17 bits per heavy atom. The number of hydrogen-bond acceptors (Lipinski definition) is 6. The van der Waals surface area contributed by atoms with Crippen molar-refractivity contribution < 1.29 is 28.6 Å². The van der Waals surface area contributed by atoms with Gasteiger partial charge in [0, 0.05) is 24.9 Å². The highest BCUT2D eigenvalue weighted by Crippen LogP contribution is 2.34. The Bertz CT molecular complexity index is 806. The van der Waals surface area contributed by atoms with Gasteiger partial charge in [0.05, 0.1) is 19.6 Å². The minimum absolute atomic E-state index is 0.0474. The Labute approximate surface area is 249 Å². The SMILES string of the molecule is CCCCCC=CCC=CCCCCCCCC(=O)NCCCOC(=O)CCNC(=O)C1OC(C)(C)OCC1(C)C. The first kappa shape index (κ1) is 36.8. The molecular formula is C33H58N2O6. The Kier molecular flexibility index (Phi) is 19.3. The van der Waals surface area contributed by atoms with E-state index in [2.05, 4.69) is 41.9 Å². The summed E-state index contributed by atoms with van der Waals surface area (Å²) in [6, 6.07) is 0. The molecule has 0 aromatic carbocycles. The topological polar surface area (TPSA) is 103 Å². The quantitative estimate of drug-likeness (QED) is 0.0860. The molecule has 8 nitrogen and oxygen atoms in total. The maximum Gasteiger partial charge on any atom is 0.307 e. The maximum absolute atomic E-state index is 12.6. The monoisotopic (exact) mass is 578 g/mol. The molecule has 0 spiro atoms. The molecular weight excluding hydrogens is 520 g/mol. The fourth-order valence-corrected chi connectivity index (χ4v) is 4.45. The summed E-state index contributed by atoms with van der Waals surface area (Å²) in [5.74, 6) is -1.42. The molecule has 0 aromatic heterocycles. The van der Waals surface area contributed by atoms with Crippen molar-refractivity contribution in [1.29, 1.82) is 0 Å². The van der Waals surface area contributed by atoms with Gasteiger partial charge in [-0.15, -0.1) is 0 Å². The second kappa shape index (κ2) is 21.5. The zero-order valence-corrected chi connectivity index (χ0v) is 26.6. The van der Waals surface area contributed by atoms with E-state index in [4.69, 9.17) is 14.2 Å². The van der Waals surface area contributed by atoms with Crippen molar-refractivity contribution in [3.8, 4) is 0 Å². The summed E-state index contributed by atoms with van der Waals surface area (Å²) >= 11 is 0. The lowest BCUT2D eigenvalue weighted by molar-refractivity contribution is -0.304. The summed E-state index contributed by atoms with van der Waals surface area (Å²) < 4.78 is 16.7. The Balaban J connectivity index is 1.95. The number of unbranched alkanes of at least 4 members (excludes halogenated alkanes) is 8. The summed E-state index contributed by atoms with van der Waals surface area (Å²) in [6.07, 6.45) is 22.4. The van der Waals surface area contributed by atoms with Crippen molar-refractivity contribution in [3.05, 3.63) is 24.3 Å². The molecule has 41 heavy (non-hydrogen) atoms. The Morgan fingerprint density at radius 1 is 0.805 bits per heavy atom. The number of allylic oxidation sites excluding steroid dienone is 4. The molecule has 236 valence electrons. The number of rotatable bonds is 22. The Hall–Kier alpha value is -2.19. The van der Waals surface area contributed by atoms with E-state index in [9.17, 15) is 14.4 Å². The van der Waals surface area contributed by atoms with Crippen LogP contribution in [0.2, 0.25) is 0 Å². The molecule has 1 saturated heterocycles. The highest BCUT2D eigenvalue weighted by Gasteiger charge is 2.45. The highest BCUT2D eigenvalue weighted by atomic mass is 16.7. The van der Waals surface area contributed by atoms with Gasteiger partial charge >= 0.3 is 5.97 Å². The summed E-state index contributed by atoms with van der Waals surface area (Å²) in [4.78, 5) is 36.6. The summed E-state index contributed by atoms with van der Waals surface area (Å²) in [5, 5.41) is 5.65. The molecule has 1 heterocycles.